The number of amides is 1. The third kappa shape index (κ3) is 4.15. The third-order valence-electron chi connectivity index (χ3n) is 4.20. The van der Waals surface area contributed by atoms with Crippen LogP contribution in [0.25, 0.3) is 0 Å². The van der Waals surface area contributed by atoms with Crippen molar-refractivity contribution in [1.29, 1.82) is 0 Å². The summed E-state index contributed by atoms with van der Waals surface area (Å²) in [5, 5.41) is 0. The van der Waals surface area contributed by atoms with Crippen LogP contribution < -0.4 is 4.90 Å². The second kappa shape index (κ2) is 7.07. The average molecular weight is 413 g/mol. The van der Waals surface area contributed by atoms with Crippen molar-refractivity contribution in [3.05, 3.63) is 64.1 Å². The second-order valence-corrected chi connectivity index (χ2v) is 6.75. The van der Waals surface area contributed by atoms with E-state index in [1.165, 1.54) is 6.07 Å². The number of nitrogens with zero attached hydrogens (tertiary/aromatic N) is 2. The van der Waals surface area contributed by atoms with E-state index in [-0.39, 0.29) is 5.91 Å². The van der Waals surface area contributed by atoms with Crippen LogP contribution in [0.5, 0.6) is 0 Å². The summed E-state index contributed by atoms with van der Waals surface area (Å²) < 4.78 is 39.4. The number of anilines is 1. The Hall–Kier alpha value is -2.02. The summed E-state index contributed by atoms with van der Waals surface area (Å²) in [6.45, 7) is 1.96. The maximum Gasteiger partial charge on any atom is 0.416 e. The van der Waals surface area contributed by atoms with Crippen LogP contribution in [0.3, 0.4) is 0 Å². The molecule has 1 saturated heterocycles. The highest BCUT2D eigenvalue weighted by molar-refractivity contribution is 9.10. The minimum Gasteiger partial charge on any atom is -0.368 e. The Kier molecular flexibility index (Phi) is 5.03. The Morgan fingerprint density at radius 1 is 0.960 bits per heavy atom. The lowest BCUT2D eigenvalue weighted by Gasteiger charge is -2.36. The first kappa shape index (κ1) is 17.8. The van der Waals surface area contributed by atoms with Crippen LogP contribution >= 0.6 is 15.9 Å². The fourth-order valence-electron chi connectivity index (χ4n) is 2.82. The molecule has 0 N–H and O–H groups in total. The lowest BCUT2D eigenvalue weighted by molar-refractivity contribution is -0.137. The summed E-state index contributed by atoms with van der Waals surface area (Å²) in [6.07, 6.45) is -4.35. The molecule has 0 spiro atoms. The fraction of sp³-hybridized carbons (Fsp3) is 0.278. The molecule has 1 aliphatic rings. The average Bonchev–Trinajstić information content (AvgIpc) is 2.61. The molecule has 0 atom stereocenters. The van der Waals surface area contributed by atoms with Gasteiger partial charge in [-0.3, -0.25) is 4.79 Å². The zero-order valence-electron chi connectivity index (χ0n) is 13.3. The van der Waals surface area contributed by atoms with E-state index in [9.17, 15) is 18.0 Å². The Morgan fingerprint density at radius 3 is 2.20 bits per heavy atom. The normalized spacial score (nSPS) is 15.4. The molecule has 1 fully saturated rings. The molecule has 2 aromatic carbocycles. The van der Waals surface area contributed by atoms with E-state index in [0.29, 0.717) is 37.4 Å². The molecule has 3 nitrogen and oxygen atoms in total. The number of carbonyl (C=O) groups excluding carboxylic acids is 1. The lowest BCUT2D eigenvalue weighted by atomic mass is 10.1. The molecule has 3 rings (SSSR count). The quantitative estimate of drug-likeness (QED) is 0.728. The van der Waals surface area contributed by atoms with Crippen molar-refractivity contribution in [2.45, 2.75) is 6.18 Å². The molecule has 7 heteroatoms. The van der Waals surface area contributed by atoms with Crippen LogP contribution in [-0.4, -0.2) is 37.0 Å². The molecule has 1 aliphatic heterocycles. The van der Waals surface area contributed by atoms with E-state index in [0.717, 1.165) is 16.6 Å². The van der Waals surface area contributed by atoms with E-state index in [1.54, 1.807) is 23.1 Å². The van der Waals surface area contributed by atoms with Gasteiger partial charge in [-0.1, -0.05) is 22.0 Å². The van der Waals surface area contributed by atoms with Crippen LogP contribution in [0.2, 0.25) is 0 Å². The minimum atomic E-state index is -4.35. The number of carbonyl (C=O) groups is 1. The molecular formula is C18H16BrF3N2O. The molecular weight excluding hydrogens is 397 g/mol. The standard InChI is InChI=1S/C18H16BrF3N2O/c19-15-6-4-13(5-7-15)17(25)24-10-8-23(9-11-24)16-3-1-2-14(12-16)18(20,21)22/h1-7,12H,8-11H2. The maximum absolute atomic E-state index is 12.8. The third-order valence-corrected chi connectivity index (χ3v) is 4.73. The molecule has 2 aromatic rings. The highest BCUT2D eigenvalue weighted by Crippen LogP contribution is 2.31. The largest absolute Gasteiger partial charge is 0.416 e. The summed E-state index contributed by atoms with van der Waals surface area (Å²) in [5.41, 5.74) is 0.486. The Balaban J connectivity index is 1.66. The van der Waals surface area contributed by atoms with Gasteiger partial charge in [-0.05, 0) is 42.5 Å². The fourth-order valence-corrected chi connectivity index (χ4v) is 3.09. The van der Waals surface area contributed by atoms with Gasteiger partial charge in [-0.2, -0.15) is 13.2 Å². The Morgan fingerprint density at radius 2 is 1.60 bits per heavy atom. The van der Waals surface area contributed by atoms with E-state index in [1.807, 2.05) is 17.0 Å². The molecule has 1 heterocycles. The number of alkyl halides is 3. The van der Waals surface area contributed by atoms with Gasteiger partial charge in [0.05, 0.1) is 5.56 Å². The van der Waals surface area contributed by atoms with E-state index in [2.05, 4.69) is 15.9 Å². The molecule has 0 aliphatic carbocycles. The van der Waals surface area contributed by atoms with Crippen molar-refractivity contribution < 1.29 is 18.0 Å². The first-order valence-electron chi connectivity index (χ1n) is 7.81. The van der Waals surface area contributed by atoms with Crippen molar-refractivity contribution in [1.82, 2.24) is 4.90 Å². The molecule has 0 radical (unpaired) electrons. The number of halogens is 4. The number of hydrogen-bond acceptors (Lipinski definition) is 2. The van der Waals surface area contributed by atoms with Crippen molar-refractivity contribution in [2.75, 3.05) is 31.1 Å². The molecule has 0 unspecified atom stereocenters. The summed E-state index contributed by atoms with van der Waals surface area (Å²) in [6, 6.07) is 12.4. The van der Waals surface area contributed by atoms with Crippen LogP contribution in [0.15, 0.2) is 53.0 Å². The zero-order valence-corrected chi connectivity index (χ0v) is 14.8. The monoisotopic (exact) mass is 412 g/mol. The molecule has 132 valence electrons. The van der Waals surface area contributed by atoms with Crippen molar-refractivity contribution >= 4 is 27.5 Å². The molecule has 0 saturated carbocycles. The first-order valence-corrected chi connectivity index (χ1v) is 8.61. The molecule has 25 heavy (non-hydrogen) atoms. The van der Waals surface area contributed by atoms with Gasteiger partial charge < -0.3 is 9.80 Å². The Labute approximate surface area is 152 Å². The van der Waals surface area contributed by atoms with Gasteiger partial charge in [0.2, 0.25) is 0 Å². The number of benzene rings is 2. The Bertz CT molecular complexity index is 754. The molecule has 0 aromatic heterocycles. The van der Waals surface area contributed by atoms with Crippen LogP contribution in [-0.2, 0) is 6.18 Å². The summed E-state index contributed by atoms with van der Waals surface area (Å²) >= 11 is 3.33. The van der Waals surface area contributed by atoms with E-state index in [4.69, 9.17) is 0 Å². The zero-order chi connectivity index (χ0) is 18.0. The lowest BCUT2D eigenvalue weighted by Crippen LogP contribution is -2.48. The van der Waals surface area contributed by atoms with Gasteiger partial charge in [-0.15, -0.1) is 0 Å². The van der Waals surface area contributed by atoms with Crippen molar-refractivity contribution in [3.8, 4) is 0 Å². The van der Waals surface area contributed by atoms with E-state index < -0.39 is 11.7 Å². The van der Waals surface area contributed by atoms with Gasteiger partial charge in [0.1, 0.15) is 0 Å². The van der Waals surface area contributed by atoms with Gasteiger partial charge >= 0.3 is 6.18 Å². The van der Waals surface area contributed by atoms with Gasteiger partial charge in [0.25, 0.3) is 5.91 Å². The highest BCUT2D eigenvalue weighted by atomic mass is 79.9. The molecule has 0 bridgehead atoms. The maximum atomic E-state index is 12.8. The predicted molar refractivity (Wildman–Crippen MR) is 93.7 cm³/mol. The first-order chi connectivity index (χ1) is 11.8. The smallest absolute Gasteiger partial charge is 0.368 e. The van der Waals surface area contributed by atoms with Crippen molar-refractivity contribution in [2.24, 2.45) is 0 Å². The number of hydrogen-bond donors (Lipinski definition) is 0. The SMILES string of the molecule is O=C(c1ccc(Br)cc1)N1CCN(c2cccc(C(F)(F)F)c2)CC1. The van der Waals surface area contributed by atoms with Gasteiger partial charge in [0.15, 0.2) is 0 Å². The van der Waals surface area contributed by atoms with Crippen LogP contribution in [0, 0.1) is 0 Å². The van der Waals surface area contributed by atoms with E-state index >= 15 is 0 Å². The molecule has 1 amide bonds. The van der Waals surface area contributed by atoms with Crippen LogP contribution in [0.4, 0.5) is 18.9 Å². The summed E-state index contributed by atoms with van der Waals surface area (Å²) in [7, 11) is 0. The van der Waals surface area contributed by atoms with Gasteiger partial charge in [0, 0.05) is 41.9 Å². The summed E-state index contributed by atoms with van der Waals surface area (Å²) in [4.78, 5) is 16.1. The highest BCUT2D eigenvalue weighted by Gasteiger charge is 2.31. The topological polar surface area (TPSA) is 23.6 Å². The number of piperazine rings is 1. The summed E-state index contributed by atoms with van der Waals surface area (Å²) in [5.74, 6) is -0.0591. The van der Waals surface area contributed by atoms with Crippen LogP contribution in [0.1, 0.15) is 15.9 Å². The number of rotatable bonds is 2. The minimum absolute atomic E-state index is 0.0591. The predicted octanol–water partition coefficient (Wildman–Crippen LogP) is 4.43. The second-order valence-electron chi connectivity index (χ2n) is 5.83. The van der Waals surface area contributed by atoms with Crippen molar-refractivity contribution in [3.63, 3.8) is 0 Å². The van der Waals surface area contributed by atoms with Gasteiger partial charge in [-0.25, -0.2) is 0 Å².